The smallest absolute Gasteiger partial charge is 0.262 e. The van der Waals surface area contributed by atoms with Gasteiger partial charge >= 0.3 is 0 Å². The molecule has 10 heteroatoms. The molecule has 144 valence electrons. The third-order valence-corrected chi connectivity index (χ3v) is 4.24. The lowest BCUT2D eigenvalue weighted by molar-refractivity contribution is -0.118. The average Bonchev–Trinajstić information content (AvgIpc) is 3.15. The molecule has 0 bridgehead atoms. The first-order valence-corrected chi connectivity index (χ1v) is 8.92. The Kier molecular flexibility index (Phi) is 5.24. The minimum Gasteiger partial charge on any atom is -0.490 e. The third-order valence-electron chi connectivity index (χ3n) is 3.93. The van der Waals surface area contributed by atoms with Crippen LogP contribution in [0.25, 0.3) is 5.69 Å². The molecule has 1 N–H and O–H groups in total. The van der Waals surface area contributed by atoms with E-state index in [9.17, 15) is 4.79 Å². The molecule has 2 aromatic carbocycles. The second-order valence-corrected chi connectivity index (χ2v) is 6.32. The predicted molar refractivity (Wildman–Crippen MR) is 100 cm³/mol. The van der Waals surface area contributed by atoms with Gasteiger partial charge < -0.3 is 19.5 Å². The van der Waals surface area contributed by atoms with Gasteiger partial charge in [-0.1, -0.05) is 11.6 Å². The van der Waals surface area contributed by atoms with Crippen molar-refractivity contribution >= 4 is 23.2 Å². The molecule has 1 amide bonds. The summed E-state index contributed by atoms with van der Waals surface area (Å²) in [6.45, 7) is 0.940. The number of hydrogen-bond acceptors (Lipinski definition) is 7. The van der Waals surface area contributed by atoms with Crippen LogP contribution in [-0.4, -0.2) is 45.9 Å². The largest absolute Gasteiger partial charge is 0.490 e. The Morgan fingerprint density at radius 2 is 1.93 bits per heavy atom. The Labute approximate surface area is 165 Å². The Hall–Kier alpha value is -3.33. The highest BCUT2D eigenvalue weighted by atomic mass is 35.5. The van der Waals surface area contributed by atoms with Crippen molar-refractivity contribution in [2.24, 2.45) is 0 Å². The quantitative estimate of drug-likeness (QED) is 0.700. The number of nitrogens with zero attached hydrogens (tertiary/aromatic N) is 4. The Balaban J connectivity index is 1.36. The van der Waals surface area contributed by atoms with Crippen molar-refractivity contribution in [1.82, 2.24) is 20.2 Å². The number of aromatic nitrogens is 4. The molecule has 0 aliphatic carbocycles. The fourth-order valence-electron chi connectivity index (χ4n) is 2.59. The average molecular weight is 402 g/mol. The van der Waals surface area contributed by atoms with E-state index in [0.29, 0.717) is 41.2 Å². The summed E-state index contributed by atoms with van der Waals surface area (Å²) in [5, 5.41) is 14.0. The normalized spacial score (nSPS) is 12.9. The van der Waals surface area contributed by atoms with Gasteiger partial charge in [0.2, 0.25) is 0 Å². The van der Waals surface area contributed by atoms with Gasteiger partial charge in [-0.05, 0) is 34.7 Å². The van der Waals surface area contributed by atoms with Gasteiger partial charge in [-0.2, -0.15) is 0 Å². The summed E-state index contributed by atoms with van der Waals surface area (Å²) in [6, 6.07) is 10.3. The molecule has 0 atom stereocenters. The molecule has 0 saturated heterocycles. The Bertz CT molecular complexity index is 963. The Morgan fingerprint density at radius 1 is 1.18 bits per heavy atom. The van der Waals surface area contributed by atoms with Gasteiger partial charge in [-0.25, -0.2) is 4.68 Å². The molecule has 1 aliphatic rings. The molecule has 9 nitrogen and oxygen atoms in total. The fourth-order valence-corrected chi connectivity index (χ4v) is 2.79. The molecule has 0 saturated carbocycles. The minimum absolute atomic E-state index is 0.172. The second-order valence-electron chi connectivity index (χ2n) is 5.91. The van der Waals surface area contributed by atoms with Crippen LogP contribution in [0.3, 0.4) is 0 Å². The zero-order chi connectivity index (χ0) is 19.3. The number of ether oxygens (including phenoxy) is 3. The van der Waals surface area contributed by atoms with Crippen molar-refractivity contribution in [1.29, 1.82) is 0 Å². The van der Waals surface area contributed by atoms with Crippen LogP contribution in [0.5, 0.6) is 17.2 Å². The molecule has 2 heterocycles. The molecule has 3 aromatic rings. The molecule has 0 unspecified atom stereocenters. The van der Waals surface area contributed by atoms with Crippen LogP contribution in [0.1, 0.15) is 6.42 Å². The van der Waals surface area contributed by atoms with Crippen LogP contribution in [0.4, 0.5) is 5.69 Å². The maximum atomic E-state index is 12.2. The lowest BCUT2D eigenvalue weighted by Gasteiger charge is -2.13. The lowest BCUT2D eigenvalue weighted by atomic mass is 10.2. The minimum atomic E-state index is -0.346. The van der Waals surface area contributed by atoms with Crippen LogP contribution < -0.4 is 19.5 Å². The zero-order valence-electron chi connectivity index (χ0n) is 14.7. The van der Waals surface area contributed by atoms with E-state index in [2.05, 4.69) is 20.8 Å². The highest BCUT2D eigenvalue weighted by Gasteiger charge is 2.16. The first-order valence-electron chi connectivity index (χ1n) is 8.54. The maximum absolute atomic E-state index is 12.2. The number of fused-ring (bicyclic) bond motifs is 1. The van der Waals surface area contributed by atoms with Gasteiger partial charge in [0.1, 0.15) is 12.1 Å². The summed E-state index contributed by atoms with van der Waals surface area (Å²) in [5.41, 5.74) is 1.22. The summed E-state index contributed by atoms with van der Waals surface area (Å²) in [4.78, 5) is 12.2. The van der Waals surface area contributed by atoms with Crippen LogP contribution in [0, 0.1) is 0 Å². The van der Waals surface area contributed by atoms with Gasteiger partial charge in [0, 0.05) is 18.6 Å². The van der Waals surface area contributed by atoms with Gasteiger partial charge in [-0.15, -0.1) is 5.10 Å². The first-order chi connectivity index (χ1) is 13.7. The van der Waals surface area contributed by atoms with E-state index >= 15 is 0 Å². The summed E-state index contributed by atoms with van der Waals surface area (Å²) in [7, 11) is 0. The monoisotopic (exact) mass is 401 g/mol. The topological polar surface area (TPSA) is 100 Å². The summed E-state index contributed by atoms with van der Waals surface area (Å²) in [6.07, 6.45) is 2.27. The summed E-state index contributed by atoms with van der Waals surface area (Å²) in [5.74, 6) is 1.31. The number of benzene rings is 2. The van der Waals surface area contributed by atoms with Gasteiger partial charge in [0.05, 0.1) is 29.6 Å². The van der Waals surface area contributed by atoms with Crippen molar-refractivity contribution in [2.75, 3.05) is 25.1 Å². The van der Waals surface area contributed by atoms with Crippen molar-refractivity contribution in [3.63, 3.8) is 0 Å². The van der Waals surface area contributed by atoms with E-state index < -0.39 is 0 Å². The van der Waals surface area contributed by atoms with Gasteiger partial charge in [0.25, 0.3) is 5.91 Å². The van der Waals surface area contributed by atoms with Crippen molar-refractivity contribution in [3.05, 3.63) is 47.7 Å². The number of halogens is 1. The number of carbonyl (C=O) groups is 1. The van der Waals surface area contributed by atoms with Crippen LogP contribution in [0.2, 0.25) is 5.02 Å². The Morgan fingerprint density at radius 3 is 2.64 bits per heavy atom. The molecule has 0 spiro atoms. The molecule has 0 fully saturated rings. The number of rotatable bonds is 5. The molecule has 1 aliphatic heterocycles. The number of carbonyl (C=O) groups excluding carboxylic acids is 1. The molecule has 28 heavy (non-hydrogen) atoms. The number of hydrogen-bond donors (Lipinski definition) is 1. The van der Waals surface area contributed by atoms with E-state index in [4.69, 9.17) is 25.8 Å². The molecule has 4 rings (SSSR count). The van der Waals surface area contributed by atoms with E-state index in [-0.39, 0.29) is 12.5 Å². The molecule has 0 radical (unpaired) electrons. The lowest BCUT2D eigenvalue weighted by Crippen LogP contribution is -2.20. The van der Waals surface area contributed by atoms with E-state index in [0.717, 1.165) is 12.1 Å². The SMILES string of the molecule is O=C(COc1ccc(-n2cnnn2)cc1)Nc1cc2c(cc1Cl)OCCCO2. The van der Waals surface area contributed by atoms with E-state index in [1.54, 1.807) is 36.4 Å². The highest BCUT2D eigenvalue weighted by molar-refractivity contribution is 6.34. The summed E-state index contributed by atoms with van der Waals surface area (Å²) >= 11 is 6.23. The zero-order valence-corrected chi connectivity index (χ0v) is 15.4. The fraction of sp³-hybridized carbons (Fsp3) is 0.222. The number of anilines is 1. The highest BCUT2D eigenvalue weighted by Crippen LogP contribution is 2.37. The molecule has 1 aromatic heterocycles. The number of amides is 1. The van der Waals surface area contributed by atoms with Crippen molar-refractivity contribution in [2.45, 2.75) is 6.42 Å². The third kappa shape index (κ3) is 4.15. The van der Waals surface area contributed by atoms with Crippen LogP contribution in [0.15, 0.2) is 42.7 Å². The van der Waals surface area contributed by atoms with Crippen molar-refractivity contribution < 1.29 is 19.0 Å². The maximum Gasteiger partial charge on any atom is 0.262 e. The molecular weight excluding hydrogens is 386 g/mol. The van der Waals surface area contributed by atoms with Crippen molar-refractivity contribution in [3.8, 4) is 22.9 Å². The number of tetrazole rings is 1. The standard InChI is InChI=1S/C18H16ClN5O4/c19-14-8-16-17(27-7-1-6-26-16)9-15(14)21-18(25)10-28-13-4-2-12(3-5-13)24-11-20-22-23-24/h2-5,8-9,11H,1,6-7,10H2,(H,21,25). The second kappa shape index (κ2) is 8.13. The molecular formula is C18H16ClN5O4. The van der Waals surface area contributed by atoms with E-state index in [1.807, 2.05) is 0 Å². The number of nitrogens with one attached hydrogen (secondary N) is 1. The van der Waals surface area contributed by atoms with Gasteiger partial charge in [-0.3, -0.25) is 4.79 Å². The van der Waals surface area contributed by atoms with E-state index in [1.165, 1.54) is 11.0 Å². The van der Waals surface area contributed by atoms with Gasteiger partial charge in [0.15, 0.2) is 18.1 Å². The van der Waals surface area contributed by atoms with Crippen LogP contribution in [-0.2, 0) is 4.79 Å². The first kappa shape index (κ1) is 18.1. The van der Waals surface area contributed by atoms with Crippen LogP contribution >= 0.6 is 11.6 Å². The summed E-state index contributed by atoms with van der Waals surface area (Å²) < 4.78 is 18.2. The predicted octanol–water partition coefficient (Wildman–Crippen LogP) is 2.49.